The number of nitrogens with zero attached hydrogens (tertiary/aromatic N) is 1. The number of carbonyl (C=O) groups is 2. The van der Waals surface area contributed by atoms with Gasteiger partial charge in [-0.2, -0.15) is 0 Å². The number of fused-ring (bicyclic) bond motifs is 1. The fourth-order valence-corrected chi connectivity index (χ4v) is 5.34. The summed E-state index contributed by atoms with van der Waals surface area (Å²) >= 11 is 1.17. The summed E-state index contributed by atoms with van der Waals surface area (Å²) < 4.78 is 57.0. The summed E-state index contributed by atoms with van der Waals surface area (Å²) in [4.78, 5) is 28.8. The number of nitrogens with one attached hydrogen (secondary N) is 2. The van der Waals surface area contributed by atoms with Crippen LogP contribution in [-0.4, -0.2) is 45.1 Å². The second kappa shape index (κ2) is 11.1. The molecule has 4 aromatic rings. The first kappa shape index (κ1) is 26.1. The minimum atomic E-state index is -3.93. The van der Waals surface area contributed by atoms with Gasteiger partial charge >= 0.3 is 5.97 Å². The smallest absolute Gasteiger partial charge is 0.338 e. The number of hydrogen-bond donors (Lipinski definition) is 2. The lowest BCUT2D eigenvalue weighted by atomic mass is 10.2. The SMILES string of the molecule is O=C(COC(=O)c1ccc(NS(=O)(=O)c2ccc3c(c2)OCCO3)cc1)Nc1nc(-c2ccc(F)cc2)cs1. The van der Waals surface area contributed by atoms with E-state index in [1.807, 2.05) is 0 Å². The molecular formula is C26H20FN3O7S2. The highest BCUT2D eigenvalue weighted by Gasteiger charge is 2.20. The zero-order valence-electron chi connectivity index (χ0n) is 20.0. The first-order chi connectivity index (χ1) is 18.8. The Bertz CT molecular complexity index is 1620. The van der Waals surface area contributed by atoms with E-state index in [0.29, 0.717) is 41.1 Å². The molecule has 39 heavy (non-hydrogen) atoms. The number of ether oxygens (including phenoxy) is 3. The summed E-state index contributed by atoms with van der Waals surface area (Å²) in [6.07, 6.45) is 0. The molecule has 0 spiro atoms. The van der Waals surface area contributed by atoms with Crippen LogP contribution in [0, 0.1) is 5.82 Å². The van der Waals surface area contributed by atoms with Crippen LogP contribution in [0.3, 0.4) is 0 Å². The molecule has 0 bridgehead atoms. The maximum Gasteiger partial charge on any atom is 0.338 e. The number of esters is 1. The van der Waals surface area contributed by atoms with Crippen molar-refractivity contribution in [3.8, 4) is 22.8 Å². The Morgan fingerprint density at radius 3 is 2.44 bits per heavy atom. The van der Waals surface area contributed by atoms with Crippen LogP contribution in [0.15, 0.2) is 77.0 Å². The summed E-state index contributed by atoms with van der Waals surface area (Å²) in [7, 11) is -3.93. The molecule has 1 aromatic heterocycles. The van der Waals surface area contributed by atoms with Crippen LogP contribution in [0.4, 0.5) is 15.2 Å². The van der Waals surface area contributed by atoms with Crippen molar-refractivity contribution < 1.29 is 36.6 Å². The van der Waals surface area contributed by atoms with Crippen molar-refractivity contribution in [2.45, 2.75) is 4.90 Å². The van der Waals surface area contributed by atoms with Gasteiger partial charge in [-0.05, 0) is 60.7 Å². The molecule has 2 heterocycles. The minimum absolute atomic E-state index is 0.00809. The van der Waals surface area contributed by atoms with Gasteiger partial charge in [-0.25, -0.2) is 22.6 Å². The fourth-order valence-electron chi connectivity index (χ4n) is 3.53. The number of sulfonamides is 1. The van der Waals surface area contributed by atoms with Crippen LogP contribution in [0.2, 0.25) is 0 Å². The molecule has 0 saturated carbocycles. The molecule has 200 valence electrons. The van der Waals surface area contributed by atoms with Gasteiger partial charge in [-0.3, -0.25) is 14.8 Å². The maximum absolute atomic E-state index is 13.1. The fraction of sp³-hybridized carbons (Fsp3) is 0.115. The monoisotopic (exact) mass is 569 g/mol. The Labute approximate surface area is 226 Å². The predicted molar refractivity (Wildman–Crippen MR) is 141 cm³/mol. The zero-order chi connectivity index (χ0) is 27.4. The lowest BCUT2D eigenvalue weighted by Crippen LogP contribution is -2.21. The molecule has 5 rings (SSSR count). The second-order valence-electron chi connectivity index (χ2n) is 8.16. The highest BCUT2D eigenvalue weighted by atomic mass is 32.2. The average molecular weight is 570 g/mol. The van der Waals surface area contributed by atoms with Crippen LogP contribution in [-0.2, 0) is 19.6 Å². The van der Waals surface area contributed by atoms with Gasteiger partial charge in [0.25, 0.3) is 15.9 Å². The van der Waals surface area contributed by atoms with Crippen LogP contribution in [0.1, 0.15) is 10.4 Å². The molecule has 3 aromatic carbocycles. The molecule has 13 heteroatoms. The Morgan fingerprint density at radius 1 is 0.974 bits per heavy atom. The number of rotatable bonds is 8. The van der Waals surface area contributed by atoms with E-state index in [2.05, 4.69) is 15.0 Å². The Balaban J connectivity index is 1.14. The molecule has 0 atom stereocenters. The van der Waals surface area contributed by atoms with Gasteiger partial charge in [-0.15, -0.1) is 11.3 Å². The van der Waals surface area contributed by atoms with Gasteiger partial charge in [0.2, 0.25) is 0 Å². The molecule has 1 amide bonds. The molecule has 0 fully saturated rings. The molecule has 0 unspecified atom stereocenters. The average Bonchev–Trinajstić information content (AvgIpc) is 3.40. The van der Waals surface area contributed by atoms with E-state index in [4.69, 9.17) is 14.2 Å². The Hall–Kier alpha value is -4.49. The van der Waals surface area contributed by atoms with Crippen molar-refractivity contribution in [3.05, 3.63) is 83.5 Å². The molecule has 0 saturated heterocycles. The highest BCUT2D eigenvalue weighted by molar-refractivity contribution is 7.92. The van der Waals surface area contributed by atoms with Gasteiger partial charge in [0.15, 0.2) is 23.2 Å². The summed E-state index contributed by atoms with van der Waals surface area (Å²) in [6, 6.07) is 15.6. The molecule has 1 aliphatic rings. The number of benzene rings is 3. The van der Waals surface area contributed by atoms with Crippen molar-refractivity contribution >= 4 is 44.1 Å². The van der Waals surface area contributed by atoms with Crippen LogP contribution >= 0.6 is 11.3 Å². The third kappa shape index (κ3) is 6.33. The third-order valence-electron chi connectivity index (χ3n) is 5.42. The van der Waals surface area contributed by atoms with Crippen molar-refractivity contribution in [1.29, 1.82) is 0 Å². The van der Waals surface area contributed by atoms with Crippen LogP contribution in [0.5, 0.6) is 11.5 Å². The molecule has 2 N–H and O–H groups in total. The third-order valence-corrected chi connectivity index (χ3v) is 7.56. The van der Waals surface area contributed by atoms with E-state index in [0.717, 1.165) is 0 Å². The quantitative estimate of drug-likeness (QED) is 0.300. The molecule has 10 nitrogen and oxygen atoms in total. The number of halogens is 1. The van der Waals surface area contributed by atoms with E-state index >= 15 is 0 Å². The number of aromatic nitrogens is 1. The standard InChI is InChI=1S/C26H20FN3O7S2/c27-18-5-1-16(2-6-18)21-15-38-26(28-21)29-24(31)14-37-25(32)17-3-7-19(8-4-17)30-39(33,34)20-9-10-22-23(13-20)36-12-11-35-22/h1-10,13,15,30H,11-12,14H2,(H,28,29,31). The summed E-state index contributed by atoms with van der Waals surface area (Å²) in [5.74, 6) is -0.908. The number of thiazole rings is 1. The molecule has 0 aliphatic carbocycles. The molecule has 0 radical (unpaired) electrons. The van der Waals surface area contributed by atoms with Crippen molar-refractivity contribution in [2.24, 2.45) is 0 Å². The van der Waals surface area contributed by atoms with Crippen molar-refractivity contribution in [2.75, 3.05) is 29.9 Å². The van der Waals surface area contributed by atoms with Gasteiger partial charge in [0.1, 0.15) is 19.0 Å². The van der Waals surface area contributed by atoms with E-state index in [1.54, 1.807) is 17.5 Å². The van der Waals surface area contributed by atoms with Crippen molar-refractivity contribution in [1.82, 2.24) is 4.98 Å². The van der Waals surface area contributed by atoms with E-state index in [-0.39, 0.29) is 22.0 Å². The number of amides is 1. The largest absolute Gasteiger partial charge is 0.486 e. The molecule has 1 aliphatic heterocycles. The van der Waals surface area contributed by atoms with Gasteiger partial charge in [0, 0.05) is 22.7 Å². The topological polar surface area (TPSA) is 133 Å². The Morgan fingerprint density at radius 2 is 1.69 bits per heavy atom. The van der Waals surface area contributed by atoms with E-state index < -0.39 is 28.5 Å². The van der Waals surface area contributed by atoms with Crippen LogP contribution in [0.25, 0.3) is 11.3 Å². The Kier molecular flexibility index (Phi) is 7.43. The summed E-state index contributed by atoms with van der Waals surface area (Å²) in [5, 5.41) is 4.55. The number of hydrogen-bond acceptors (Lipinski definition) is 9. The van der Waals surface area contributed by atoms with E-state index in [1.165, 1.54) is 65.9 Å². The normalized spacial score (nSPS) is 12.4. The van der Waals surface area contributed by atoms with Crippen molar-refractivity contribution in [3.63, 3.8) is 0 Å². The predicted octanol–water partition coefficient (Wildman–Crippen LogP) is 4.32. The highest BCUT2D eigenvalue weighted by Crippen LogP contribution is 2.33. The van der Waals surface area contributed by atoms with E-state index in [9.17, 15) is 22.4 Å². The minimum Gasteiger partial charge on any atom is -0.486 e. The van der Waals surface area contributed by atoms with Crippen LogP contribution < -0.4 is 19.5 Å². The maximum atomic E-state index is 13.1. The molecular weight excluding hydrogens is 549 g/mol. The summed E-state index contributed by atoms with van der Waals surface area (Å²) in [6.45, 7) is 0.164. The summed E-state index contributed by atoms with van der Waals surface area (Å²) in [5.41, 5.74) is 1.60. The first-order valence-corrected chi connectivity index (χ1v) is 13.8. The van der Waals surface area contributed by atoms with Gasteiger partial charge < -0.3 is 14.2 Å². The number of carbonyl (C=O) groups excluding carboxylic acids is 2. The lowest BCUT2D eigenvalue weighted by molar-refractivity contribution is -0.119. The second-order valence-corrected chi connectivity index (χ2v) is 10.7. The lowest BCUT2D eigenvalue weighted by Gasteiger charge is -2.19. The van der Waals surface area contributed by atoms with Gasteiger partial charge in [-0.1, -0.05) is 0 Å². The first-order valence-electron chi connectivity index (χ1n) is 11.5. The number of anilines is 2. The van der Waals surface area contributed by atoms with Gasteiger partial charge in [0.05, 0.1) is 16.2 Å². The zero-order valence-corrected chi connectivity index (χ0v) is 21.7.